The lowest BCUT2D eigenvalue weighted by Crippen LogP contribution is -2.41. The van der Waals surface area contributed by atoms with E-state index in [1.165, 1.54) is 7.11 Å². The van der Waals surface area contributed by atoms with Crippen LogP contribution in [-0.2, 0) is 14.3 Å². The van der Waals surface area contributed by atoms with Crippen molar-refractivity contribution in [1.29, 1.82) is 0 Å². The Labute approximate surface area is 150 Å². The topological polar surface area (TPSA) is 97.0 Å². The summed E-state index contributed by atoms with van der Waals surface area (Å²) in [6.07, 6.45) is 0. The van der Waals surface area contributed by atoms with Crippen molar-refractivity contribution >= 4 is 35.1 Å². The summed E-state index contributed by atoms with van der Waals surface area (Å²) >= 11 is 6.10. The Morgan fingerprint density at radius 3 is 2.64 bits per heavy atom. The minimum Gasteiger partial charge on any atom is -0.487 e. The number of para-hydroxylation sites is 1. The van der Waals surface area contributed by atoms with Gasteiger partial charge in [0.1, 0.15) is 18.7 Å². The highest BCUT2D eigenvalue weighted by atomic mass is 35.5. The van der Waals surface area contributed by atoms with Gasteiger partial charge in [-0.2, -0.15) is 0 Å². The van der Waals surface area contributed by atoms with Crippen molar-refractivity contribution in [2.75, 3.05) is 32.2 Å². The Balaban J connectivity index is 2.07. The van der Waals surface area contributed by atoms with Gasteiger partial charge in [-0.1, -0.05) is 17.7 Å². The minimum absolute atomic E-state index is 0.254. The molecule has 1 aromatic carbocycles. The molecule has 2 N–H and O–H groups in total. The average Bonchev–Trinajstić information content (AvgIpc) is 2.72. The number of benzene rings is 1. The Kier molecular flexibility index (Phi) is 5.86. The molecule has 0 aromatic heterocycles. The van der Waals surface area contributed by atoms with Crippen molar-refractivity contribution in [3.63, 3.8) is 0 Å². The van der Waals surface area contributed by atoms with Gasteiger partial charge in [0.15, 0.2) is 5.75 Å². The molecule has 1 aliphatic heterocycles. The predicted molar refractivity (Wildman–Crippen MR) is 91.8 cm³/mol. The van der Waals surface area contributed by atoms with Gasteiger partial charge in [0.05, 0.1) is 17.3 Å². The van der Waals surface area contributed by atoms with E-state index in [4.69, 9.17) is 21.1 Å². The first kappa shape index (κ1) is 19.0. The van der Waals surface area contributed by atoms with Crippen molar-refractivity contribution in [2.24, 2.45) is 0 Å². The summed E-state index contributed by atoms with van der Waals surface area (Å²) in [5.74, 6) is -0.706. The molecule has 1 aliphatic rings. The zero-order chi connectivity index (χ0) is 18.6. The smallest absolute Gasteiger partial charge is 0.325 e. The lowest BCUT2D eigenvalue weighted by molar-refractivity contribution is -0.132. The van der Waals surface area contributed by atoms with Crippen LogP contribution in [0.4, 0.5) is 10.5 Å². The molecule has 1 heterocycles. The number of nitrogens with zero attached hydrogens (tertiary/aromatic N) is 1. The third-order valence-corrected chi connectivity index (χ3v) is 3.82. The molecule has 136 valence electrons. The Hall–Kier alpha value is -2.32. The molecule has 0 unspecified atom stereocenters. The van der Waals surface area contributed by atoms with Gasteiger partial charge in [0.25, 0.3) is 5.91 Å². The van der Waals surface area contributed by atoms with E-state index >= 15 is 0 Å². The van der Waals surface area contributed by atoms with Crippen LogP contribution < -0.4 is 15.4 Å². The third kappa shape index (κ3) is 4.40. The molecule has 0 aliphatic carbocycles. The Bertz CT molecular complexity index is 692. The van der Waals surface area contributed by atoms with Crippen molar-refractivity contribution in [3.05, 3.63) is 23.2 Å². The van der Waals surface area contributed by atoms with E-state index in [1.807, 2.05) is 0 Å². The number of urea groups is 1. The van der Waals surface area contributed by atoms with Gasteiger partial charge in [-0.3, -0.25) is 14.5 Å². The molecule has 1 fully saturated rings. The summed E-state index contributed by atoms with van der Waals surface area (Å²) in [4.78, 5) is 37.1. The summed E-state index contributed by atoms with van der Waals surface area (Å²) in [5.41, 5.74) is -0.679. The molecule has 0 spiro atoms. The lowest BCUT2D eigenvalue weighted by atomic mass is 10.1. The number of ether oxygens (including phenoxy) is 2. The lowest BCUT2D eigenvalue weighted by Gasteiger charge is -2.17. The van der Waals surface area contributed by atoms with E-state index in [2.05, 4.69) is 10.6 Å². The Morgan fingerprint density at radius 1 is 1.32 bits per heavy atom. The summed E-state index contributed by atoms with van der Waals surface area (Å²) in [6, 6.07) is 4.28. The number of carbonyl (C=O) groups excluding carboxylic acids is 3. The number of carbonyl (C=O) groups is 3. The number of amides is 4. The normalized spacial score (nSPS) is 15.9. The molecule has 2 rings (SSSR count). The van der Waals surface area contributed by atoms with Crippen LogP contribution in [0.25, 0.3) is 0 Å². The van der Waals surface area contributed by atoms with Crippen molar-refractivity contribution in [2.45, 2.75) is 19.4 Å². The highest BCUT2D eigenvalue weighted by Gasteiger charge is 2.44. The van der Waals surface area contributed by atoms with Crippen LogP contribution in [0.15, 0.2) is 18.2 Å². The molecule has 8 nitrogen and oxygen atoms in total. The van der Waals surface area contributed by atoms with Gasteiger partial charge in [0, 0.05) is 7.11 Å². The number of imide groups is 1. The van der Waals surface area contributed by atoms with Crippen LogP contribution in [0.1, 0.15) is 13.8 Å². The van der Waals surface area contributed by atoms with Crippen molar-refractivity contribution in [1.82, 2.24) is 10.2 Å². The number of halogens is 1. The van der Waals surface area contributed by atoms with E-state index in [0.717, 1.165) is 4.90 Å². The number of rotatable bonds is 7. The maximum Gasteiger partial charge on any atom is 0.325 e. The highest BCUT2D eigenvalue weighted by Crippen LogP contribution is 2.33. The van der Waals surface area contributed by atoms with Crippen LogP contribution in [0.5, 0.6) is 5.75 Å². The molecule has 0 bridgehead atoms. The highest BCUT2D eigenvalue weighted by molar-refractivity contribution is 6.32. The van der Waals surface area contributed by atoms with Gasteiger partial charge >= 0.3 is 6.03 Å². The molecule has 9 heteroatoms. The molecule has 0 radical (unpaired) electrons. The molecule has 0 saturated carbocycles. The fourth-order valence-corrected chi connectivity index (χ4v) is 2.50. The number of anilines is 1. The molecule has 0 atom stereocenters. The number of methoxy groups -OCH3 is 1. The summed E-state index contributed by atoms with van der Waals surface area (Å²) in [5, 5.41) is 5.45. The third-order valence-electron chi connectivity index (χ3n) is 3.52. The quantitative estimate of drug-likeness (QED) is 0.562. The molecule has 1 aromatic rings. The van der Waals surface area contributed by atoms with Crippen LogP contribution in [-0.4, -0.2) is 55.2 Å². The fourth-order valence-electron chi connectivity index (χ4n) is 2.28. The van der Waals surface area contributed by atoms with Gasteiger partial charge in [0.2, 0.25) is 5.91 Å². The molecular weight excluding hydrogens is 350 g/mol. The zero-order valence-corrected chi connectivity index (χ0v) is 15.0. The van der Waals surface area contributed by atoms with Crippen LogP contribution in [0.3, 0.4) is 0 Å². The molecular formula is C16H20ClN3O5. The van der Waals surface area contributed by atoms with E-state index in [9.17, 15) is 14.4 Å². The monoisotopic (exact) mass is 369 g/mol. The van der Waals surface area contributed by atoms with E-state index < -0.39 is 29.9 Å². The van der Waals surface area contributed by atoms with E-state index in [-0.39, 0.29) is 6.61 Å². The standard InChI is InChI=1S/C16H20ClN3O5/c1-16(2)14(22)20(15(23)19-16)9-12(21)18-11-6-4-5-10(17)13(11)25-8-7-24-3/h4-6H,7-9H2,1-3H3,(H,18,21)(H,19,23). The van der Waals surface area contributed by atoms with Crippen LogP contribution in [0.2, 0.25) is 5.02 Å². The maximum atomic E-state index is 12.3. The first-order valence-corrected chi connectivity index (χ1v) is 7.98. The minimum atomic E-state index is -1.03. The number of nitrogens with one attached hydrogen (secondary N) is 2. The van der Waals surface area contributed by atoms with Crippen molar-refractivity contribution in [3.8, 4) is 5.75 Å². The maximum absolute atomic E-state index is 12.3. The zero-order valence-electron chi connectivity index (χ0n) is 14.2. The van der Waals surface area contributed by atoms with Gasteiger partial charge in [-0.25, -0.2) is 4.79 Å². The number of hydrogen-bond donors (Lipinski definition) is 2. The average molecular weight is 370 g/mol. The van der Waals surface area contributed by atoms with E-state index in [0.29, 0.717) is 23.1 Å². The second-order valence-electron chi connectivity index (χ2n) is 5.95. The first-order valence-electron chi connectivity index (χ1n) is 7.60. The SMILES string of the molecule is COCCOc1c(Cl)cccc1NC(=O)CN1C(=O)NC(C)(C)C1=O. The van der Waals surface area contributed by atoms with Gasteiger partial charge in [-0.15, -0.1) is 0 Å². The first-order chi connectivity index (χ1) is 11.8. The fraction of sp³-hybridized carbons (Fsp3) is 0.438. The van der Waals surface area contributed by atoms with Crippen molar-refractivity contribution < 1.29 is 23.9 Å². The number of hydrogen-bond acceptors (Lipinski definition) is 5. The van der Waals surface area contributed by atoms with Gasteiger partial charge < -0.3 is 20.1 Å². The second kappa shape index (κ2) is 7.71. The summed E-state index contributed by atoms with van der Waals surface area (Å²) in [6.45, 7) is 3.35. The predicted octanol–water partition coefficient (Wildman–Crippen LogP) is 1.63. The van der Waals surface area contributed by atoms with E-state index in [1.54, 1.807) is 32.0 Å². The molecule has 4 amide bonds. The van der Waals surface area contributed by atoms with Crippen LogP contribution >= 0.6 is 11.6 Å². The van der Waals surface area contributed by atoms with Gasteiger partial charge in [-0.05, 0) is 26.0 Å². The Morgan fingerprint density at radius 2 is 2.04 bits per heavy atom. The van der Waals surface area contributed by atoms with Crippen LogP contribution in [0, 0.1) is 0 Å². The second-order valence-corrected chi connectivity index (χ2v) is 6.36. The summed E-state index contributed by atoms with van der Waals surface area (Å²) < 4.78 is 10.4. The molecule has 1 saturated heterocycles. The molecule has 25 heavy (non-hydrogen) atoms. The largest absolute Gasteiger partial charge is 0.487 e. The summed E-state index contributed by atoms with van der Waals surface area (Å²) in [7, 11) is 1.54.